The Kier molecular flexibility index (Phi) is 4.55. The van der Waals surface area contributed by atoms with E-state index in [9.17, 15) is 0 Å². The summed E-state index contributed by atoms with van der Waals surface area (Å²) < 4.78 is 12.3. The van der Waals surface area contributed by atoms with Crippen LogP contribution in [0.5, 0.6) is 0 Å². The minimum atomic E-state index is -0.482. The van der Waals surface area contributed by atoms with Crippen molar-refractivity contribution >= 4 is 18.3 Å². The van der Waals surface area contributed by atoms with Crippen LogP contribution >= 0.6 is 0 Å². The number of pyridine rings is 1. The number of benzene rings is 1. The van der Waals surface area contributed by atoms with Crippen LogP contribution in [0, 0.1) is 18.3 Å². The maximum absolute atomic E-state index is 9.01. The van der Waals surface area contributed by atoms with Gasteiger partial charge in [-0.1, -0.05) is 6.07 Å². The molecular weight excluding hydrogens is 325 g/mol. The van der Waals surface area contributed by atoms with Gasteiger partial charge in [0.2, 0.25) is 0 Å². The lowest BCUT2D eigenvalue weighted by Gasteiger charge is -2.32. The first kappa shape index (κ1) is 18.4. The summed E-state index contributed by atoms with van der Waals surface area (Å²) in [6.07, 6.45) is 2.08. The van der Waals surface area contributed by atoms with Crippen LogP contribution in [-0.4, -0.2) is 23.3 Å². The van der Waals surface area contributed by atoms with E-state index in [1.807, 2.05) is 58.9 Å². The molecule has 1 aromatic heterocycles. The standard InChI is InChI=1S/C20H24BN3O2/c1-13-14(6-8-22)7-9-24-18(13)15-10-16(12-17(23)11-15)21-25-19(2,3)20(4,5)26-21/h7,9-12H,6,23H2,1-5H3. The molecule has 3 rings (SSSR count). The summed E-state index contributed by atoms with van der Waals surface area (Å²) in [6, 6.07) is 9.84. The number of nitrogens with two attached hydrogens (primary N) is 1. The van der Waals surface area contributed by atoms with E-state index in [1.165, 1.54) is 0 Å². The van der Waals surface area contributed by atoms with E-state index >= 15 is 0 Å². The molecule has 1 aromatic carbocycles. The summed E-state index contributed by atoms with van der Waals surface area (Å²) in [6.45, 7) is 10.1. The molecule has 0 bridgehead atoms. The van der Waals surface area contributed by atoms with Crippen molar-refractivity contribution in [3.63, 3.8) is 0 Å². The third-order valence-corrected chi connectivity index (χ3v) is 5.36. The van der Waals surface area contributed by atoms with Gasteiger partial charge in [-0.2, -0.15) is 5.26 Å². The van der Waals surface area contributed by atoms with Crippen molar-refractivity contribution in [2.24, 2.45) is 0 Å². The van der Waals surface area contributed by atoms with Gasteiger partial charge in [0.25, 0.3) is 0 Å². The average molecular weight is 349 g/mol. The number of nitrogen functional groups attached to an aromatic ring is 1. The third kappa shape index (κ3) is 3.21. The van der Waals surface area contributed by atoms with Crippen LogP contribution in [0.2, 0.25) is 0 Å². The largest absolute Gasteiger partial charge is 0.494 e. The second-order valence-electron chi connectivity index (χ2n) is 7.76. The molecule has 1 aliphatic heterocycles. The summed E-state index contributed by atoms with van der Waals surface area (Å²) in [5.74, 6) is 0. The number of rotatable bonds is 3. The molecule has 0 atom stereocenters. The Bertz CT molecular complexity index is 871. The number of hydrogen-bond donors (Lipinski definition) is 1. The Labute approximate surface area is 155 Å². The highest BCUT2D eigenvalue weighted by atomic mass is 16.7. The van der Waals surface area contributed by atoms with Gasteiger partial charge in [-0.05, 0) is 69.4 Å². The number of anilines is 1. The second-order valence-corrected chi connectivity index (χ2v) is 7.76. The van der Waals surface area contributed by atoms with E-state index in [1.54, 1.807) is 6.20 Å². The van der Waals surface area contributed by atoms with Gasteiger partial charge in [0.15, 0.2) is 0 Å². The SMILES string of the molecule is Cc1c(CC#N)ccnc1-c1cc(N)cc(B2OC(C)(C)C(C)(C)O2)c1. The summed E-state index contributed by atoms with van der Waals surface area (Å²) in [7, 11) is -0.482. The first-order valence-corrected chi connectivity index (χ1v) is 8.72. The van der Waals surface area contributed by atoms with E-state index < -0.39 is 18.3 Å². The van der Waals surface area contributed by atoms with E-state index in [0.29, 0.717) is 12.1 Å². The normalized spacial score (nSPS) is 17.9. The van der Waals surface area contributed by atoms with Gasteiger partial charge in [0.1, 0.15) is 0 Å². The molecule has 1 saturated heterocycles. The summed E-state index contributed by atoms with van der Waals surface area (Å²) >= 11 is 0. The van der Waals surface area contributed by atoms with E-state index in [4.69, 9.17) is 20.3 Å². The molecule has 1 fully saturated rings. The lowest BCUT2D eigenvalue weighted by Crippen LogP contribution is -2.41. The van der Waals surface area contributed by atoms with Crippen LogP contribution in [-0.2, 0) is 15.7 Å². The van der Waals surface area contributed by atoms with Crippen molar-refractivity contribution < 1.29 is 9.31 Å². The molecule has 5 nitrogen and oxygen atoms in total. The van der Waals surface area contributed by atoms with Gasteiger partial charge in [0.05, 0.1) is 29.4 Å². The van der Waals surface area contributed by atoms with Crippen molar-refractivity contribution in [1.82, 2.24) is 4.98 Å². The molecule has 0 spiro atoms. The first-order valence-electron chi connectivity index (χ1n) is 8.72. The summed E-state index contributed by atoms with van der Waals surface area (Å²) in [4.78, 5) is 4.51. The highest BCUT2D eigenvalue weighted by Crippen LogP contribution is 2.37. The molecule has 0 radical (unpaired) electrons. The Balaban J connectivity index is 2.03. The zero-order chi connectivity index (χ0) is 19.1. The molecule has 0 saturated carbocycles. The zero-order valence-electron chi connectivity index (χ0n) is 16.0. The van der Waals surface area contributed by atoms with Crippen molar-refractivity contribution in [2.45, 2.75) is 52.2 Å². The summed E-state index contributed by atoms with van der Waals surface area (Å²) in [5, 5.41) is 9.01. The van der Waals surface area contributed by atoms with Crippen molar-refractivity contribution in [3.05, 3.63) is 41.6 Å². The van der Waals surface area contributed by atoms with Gasteiger partial charge in [-0.15, -0.1) is 0 Å². The molecular formula is C20H24BN3O2. The predicted octanol–water partition coefficient (Wildman–Crippen LogP) is 3.00. The van der Waals surface area contributed by atoms with E-state index in [0.717, 1.165) is 27.8 Å². The van der Waals surface area contributed by atoms with Crippen LogP contribution < -0.4 is 11.2 Å². The van der Waals surface area contributed by atoms with Crippen molar-refractivity contribution in [3.8, 4) is 17.3 Å². The van der Waals surface area contributed by atoms with Gasteiger partial charge >= 0.3 is 7.12 Å². The van der Waals surface area contributed by atoms with Gasteiger partial charge < -0.3 is 15.0 Å². The first-order chi connectivity index (χ1) is 12.1. The van der Waals surface area contributed by atoms with E-state index in [2.05, 4.69) is 11.1 Å². The van der Waals surface area contributed by atoms with Crippen LogP contribution in [0.4, 0.5) is 5.69 Å². The molecule has 0 aliphatic carbocycles. The van der Waals surface area contributed by atoms with E-state index in [-0.39, 0.29) is 0 Å². The Hall–Kier alpha value is -2.36. The smallest absolute Gasteiger partial charge is 0.399 e. The fourth-order valence-electron chi connectivity index (χ4n) is 3.07. The molecule has 2 heterocycles. The predicted molar refractivity (Wildman–Crippen MR) is 104 cm³/mol. The Morgan fingerprint density at radius 1 is 1.15 bits per heavy atom. The average Bonchev–Trinajstić information content (AvgIpc) is 2.77. The van der Waals surface area contributed by atoms with Gasteiger partial charge in [0, 0.05) is 17.4 Å². The molecule has 0 amide bonds. The molecule has 2 N–H and O–H groups in total. The molecule has 0 unspecified atom stereocenters. The number of aromatic nitrogens is 1. The maximum atomic E-state index is 9.01. The minimum Gasteiger partial charge on any atom is -0.399 e. The highest BCUT2D eigenvalue weighted by molar-refractivity contribution is 6.62. The highest BCUT2D eigenvalue weighted by Gasteiger charge is 2.51. The monoisotopic (exact) mass is 349 g/mol. The molecule has 1 aliphatic rings. The number of nitriles is 1. The fourth-order valence-corrected chi connectivity index (χ4v) is 3.07. The maximum Gasteiger partial charge on any atom is 0.494 e. The second kappa shape index (κ2) is 6.42. The fraction of sp³-hybridized carbons (Fsp3) is 0.400. The van der Waals surface area contributed by atoms with Crippen LogP contribution in [0.3, 0.4) is 0 Å². The molecule has 2 aromatic rings. The number of hydrogen-bond acceptors (Lipinski definition) is 5. The van der Waals surface area contributed by atoms with Crippen molar-refractivity contribution in [1.29, 1.82) is 5.26 Å². The Morgan fingerprint density at radius 2 is 1.81 bits per heavy atom. The summed E-state index contributed by atoms with van der Waals surface area (Å²) in [5.41, 5.74) is 10.5. The van der Waals surface area contributed by atoms with Crippen LogP contribution in [0.15, 0.2) is 30.5 Å². The van der Waals surface area contributed by atoms with Crippen LogP contribution in [0.25, 0.3) is 11.3 Å². The van der Waals surface area contributed by atoms with Gasteiger partial charge in [-0.25, -0.2) is 0 Å². The topological polar surface area (TPSA) is 81.2 Å². The lowest BCUT2D eigenvalue weighted by molar-refractivity contribution is 0.00578. The molecule has 134 valence electrons. The van der Waals surface area contributed by atoms with Crippen molar-refractivity contribution in [2.75, 3.05) is 5.73 Å². The quantitative estimate of drug-likeness (QED) is 0.681. The number of nitrogens with zero attached hydrogens (tertiary/aromatic N) is 2. The lowest BCUT2D eigenvalue weighted by atomic mass is 9.77. The minimum absolute atomic E-state index is 0.355. The Morgan fingerprint density at radius 3 is 2.42 bits per heavy atom. The third-order valence-electron chi connectivity index (χ3n) is 5.36. The van der Waals surface area contributed by atoms with Gasteiger partial charge in [-0.3, -0.25) is 4.98 Å². The van der Waals surface area contributed by atoms with Crippen LogP contribution in [0.1, 0.15) is 38.8 Å². The molecule has 6 heteroatoms. The molecule has 26 heavy (non-hydrogen) atoms. The zero-order valence-corrected chi connectivity index (χ0v) is 16.0.